The molecule has 0 unspecified atom stereocenters. The monoisotopic (exact) mass is 469 g/mol. The molecule has 0 aromatic carbocycles. The average Bonchev–Trinajstić information content (AvgIpc) is 3.02. The van der Waals surface area contributed by atoms with Crippen LogP contribution in [0.1, 0.15) is 98.7 Å². The van der Waals surface area contributed by atoms with E-state index in [1.165, 1.54) is 31.4 Å². The minimum atomic E-state index is -0.713. The van der Waals surface area contributed by atoms with Gasteiger partial charge in [0.15, 0.2) is 0 Å². The van der Waals surface area contributed by atoms with Crippen molar-refractivity contribution in [3.8, 4) is 0 Å². The largest absolute Gasteiger partial charge is 0.456 e. The number of carbonyl (C=O) groups excluding carboxylic acids is 3. The second-order valence-corrected chi connectivity index (χ2v) is 9.61. The first kappa shape index (κ1) is 27.9. The topological polar surface area (TPSA) is 97.0 Å². The summed E-state index contributed by atoms with van der Waals surface area (Å²) in [5.74, 6) is -0.958. The van der Waals surface area contributed by atoms with Crippen LogP contribution in [0.5, 0.6) is 0 Å². The lowest BCUT2D eigenvalue weighted by Gasteiger charge is -2.20. The van der Waals surface area contributed by atoms with E-state index in [2.05, 4.69) is 17.6 Å². The van der Waals surface area contributed by atoms with E-state index in [0.29, 0.717) is 23.5 Å². The zero-order chi connectivity index (χ0) is 24.3. The highest BCUT2D eigenvalue weighted by Gasteiger charge is 2.30. The van der Waals surface area contributed by atoms with Crippen LogP contribution in [-0.4, -0.2) is 48.8 Å². The van der Waals surface area contributed by atoms with E-state index in [4.69, 9.17) is 9.57 Å². The van der Waals surface area contributed by atoms with E-state index in [-0.39, 0.29) is 16.5 Å². The fourth-order valence-corrected chi connectivity index (χ4v) is 4.23. The van der Waals surface area contributed by atoms with Gasteiger partial charge in [0.1, 0.15) is 15.5 Å². The van der Waals surface area contributed by atoms with Crippen LogP contribution in [0.15, 0.2) is 0 Å². The minimum Gasteiger partial charge on any atom is -0.456 e. The van der Waals surface area contributed by atoms with Crippen molar-refractivity contribution in [1.82, 2.24) is 10.4 Å². The molecule has 0 atom stereocenters. The summed E-state index contributed by atoms with van der Waals surface area (Å²) in [6, 6.07) is -0.414. The summed E-state index contributed by atoms with van der Waals surface area (Å²) >= 11 is 1.04. The molecule has 1 aromatic rings. The Morgan fingerprint density at radius 2 is 1.66 bits per heavy atom. The van der Waals surface area contributed by atoms with Crippen LogP contribution in [0.25, 0.3) is 0 Å². The van der Waals surface area contributed by atoms with Gasteiger partial charge in [-0.25, -0.2) is 14.7 Å². The van der Waals surface area contributed by atoms with Crippen molar-refractivity contribution in [3.05, 3.63) is 16.0 Å². The number of unbranched alkanes of at least 4 members (excludes halogenated alkanes) is 5. The number of esters is 1. The smallest absolute Gasteiger partial charge is 0.341 e. The van der Waals surface area contributed by atoms with Crippen LogP contribution in [0.4, 0.5) is 9.80 Å². The van der Waals surface area contributed by atoms with Gasteiger partial charge >= 0.3 is 12.0 Å². The summed E-state index contributed by atoms with van der Waals surface area (Å²) in [6.07, 6.45) is 6.75. The van der Waals surface area contributed by atoms with Gasteiger partial charge in [-0.1, -0.05) is 39.0 Å². The quantitative estimate of drug-likeness (QED) is 0.239. The zero-order valence-electron chi connectivity index (χ0n) is 20.6. The molecule has 0 aliphatic rings. The van der Waals surface area contributed by atoms with Gasteiger partial charge in [0, 0.05) is 13.1 Å². The number of hydrogen-bond donors (Lipinski definition) is 2. The van der Waals surface area contributed by atoms with E-state index in [1.807, 2.05) is 0 Å². The Kier molecular flexibility index (Phi) is 11.7. The molecule has 1 heterocycles. The molecule has 1 rings (SSSR count). The summed E-state index contributed by atoms with van der Waals surface area (Å²) < 4.78 is 5.52. The molecule has 0 fully saturated rings. The molecule has 0 radical (unpaired) electrons. The number of ether oxygens (including phenoxy) is 1. The number of rotatable bonds is 12. The predicted octanol–water partition coefficient (Wildman–Crippen LogP) is 5.52. The van der Waals surface area contributed by atoms with Crippen LogP contribution in [0, 0.1) is 6.92 Å². The Bertz CT molecular complexity index is 766. The number of hydrogen-bond acceptors (Lipinski definition) is 6. The lowest BCUT2D eigenvalue weighted by Crippen LogP contribution is -2.30. The van der Waals surface area contributed by atoms with Crippen molar-refractivity contribution in [3.63, 3.8) is 0 Å². The fourth-order valence-electron chi connectivity index (χ4n) is 3.10. The molecule has 2 N–H and O–H groups in total. The Morgan fingerprint density at radius 1 is 1.03 bits per heavy atom. The van der Waals surface area contributed by atoms with Crippen LogP contribution < -0.4 is 10.6 Å². The van der Waals surface area contributed by atoms with E-state index < -0.39 is 17.6 Å². The minimum absolute atomic E-state index is 0.190. The van der Waals surface area contributed by atoms with Crippen LogP contribution >= 0.6 is 11.3 Å². The SMILES string of the molecule is CCCCCCCCNC(=O)Nc1sc(C(=O)N(CC)OC)c(C)c1C(=O)OC(C)(C)C. The highest BCUT2D eigenvalue weighted by atomic mass is 32.1. The van der Waals surface area contributed by atoms with E-state index in [0.717, 1.165) is 30.6 Å². The maximum Gasteiger partial charge on any atom is 0.341 e. The normalized spacial score (nSPS) is 11.2. The van der Waals surface area contributed by atoms with E-state index in [9.17, 15) is 14.4 Å². The molecule has 0 saturated heterocycles. The summed E-state index contributed by atoms with van der Waals surface area (Å²) in [4.78, 5) is 43.6. The number of hydroxylamine groups is 2. The van der Waals surface area contributed by atoms with Crippen molar-refractivity contribution in [2.75, 3.05) is 25.5 Å². The van der Waals surface area contributed by atoms with Crippen LogP contribution in [-0.2, 0) is 9.57 Å². The molecule has 182 valence electrons. The summed E-state index contributed by atoms with van der Waals surface area (Å²) in [6.45, 7) is 11.8. The number of anilines is 1. The standard InChI is InChI=1S/C23H39N3O5S/c1-8-10-11-12-13-14-15-24-22(29)25-19-17(21(28)31-23(4,5)6)16(3)18(32-19)20(27)26(9-2)30-7/h8-15H2,1-7H3,(H2,24,25,29). The summed E-state index contributed by atoms with van der Waals surface area (Å²) in [5, 5.41) is 7.04. The first-order chi connectivity index (χ1) is 15.1. The molecule has 32 heavy (non-hydrogen) atoms. The Hall–Kier alpha value is -2.13. The van der Waals surface area contributed by atoms with Gasteiger partial charge in [0.2, 0.25) is 0 Å². The third-order valence-corrected chi connectivity index (χ3v) is 5.92. The van der Waals surface area contributed by atoms with Crippen molar-refractivity contribution >= 4 is 34.2 Å². The predicted molar refractivity (Wildman–Crippen MR) is 128 cm³/mol. The summed E-state index contributed by atoms with van der Waals surface area (Å²) in [5.41, 5.74) is -0.0688. The number of urea groups is 1. The molecular weight excluding hydrogens is 430 g/mol. The maximum atomic E-state index is 12.9. The second-order valence-electron chi connectivity index (χ2n) is 8.59. The Labute approximate surface area is 196 Å². The lowest BCUT2D eigenvalue weighted by molar-refractivity contribution is -0.0912. The van der Waals surface area contributed by atoms with E-state index in [1.54, 1.807) is 34.6 Å². The third-order valence-electron chi connectivity index (χ3n) is 4.72. The zero-order valence-corrected chi connectivity index (χ0v) is 21.4. The third kappa shape index (κ3) is 8.78. The van der Waals surface area contributed by atoms with Gasteiger partial charge in [0.25, 0.3) is 5.91 Å². The van der Waals surface area contributed by atoms with Crippen molar-refractivity contribution in [2.24, 2.45) is 0 Å². The van der Waals surface area contributed by atoms with Gasteiger partial charge in [0.05, 0.1) is 12.7 Å². The molecule has 1 aromatic heterocycles. The van der Waals surface area contributed by atoms with Gasteiger partial charge in [-0.3, -0.25) is 14.9 Å². The maximum absolute atomic E-state index is 12.9. The van der Waals surface area contributed by atoms with Gasteiger partial charge in [-0.05, 0) is 46.6 Å². The fraction of sp³-hybridized carbons (Fsp3) is 0.696. The van der Waals surface area contributed by atoms with Crippen LogP contribution in [0.3, 0.4) is 0 Å². The average molecular weight is 470 g/mol. The molecule has 0 spiro atoms. The molecule has 0 aliphatic heterocycles. The highest BCUT2D eigenvalue weighted by molar-refractivity contribution is 7.18. The Morgan fingerprint density at radius 3 is 2.22 bits per heavy atom. The van der Waals surface area contributed by atoms with Crippen molar-refractivity contribution in [2.45, 2.75) is 85.7 Å². The first-order valence-electron chi connectivity index (χ1n) is 11.3. The molecular formula is C23H39N3O5S. The molecule has 9 heteroatoms. The molecule has 8 nitrogen and oxygen atoms in total. The number of carbonyl (C=O) groups is 3. The molecule has 0 aliphatic carbocycles. The lowest BCUT2D eigenvalue weighted by atomic mass is 10.1. The molecule has 0 bridgehead atoms. The van der Waals surface area contributed by atoms with Gasteiger partial charge in [-0.2, -0.15) is 0 Å². The number of thiophene rings is 1. The highest BCUT2D eigenvalue weighted by Crippen LogP contribution is 2.35. The van der Waals surface area contributed by atoms with Gasteiger partial charge in [-0.15, -0.1) is 11.3 Å². The Balaban J connectivity index is 2.97. The second kappa shape index (κ2) is 13.4. The molecule has 3 amide bonds. The number of nitrogens with zero attached hydrogens (tertiary/aromatic N) is 1. The molecule has 0 saturated carbocycles. The van der Waals surface area contributed by atoms with Gasteiger partial charge < -0.3 is 10.1 Å². The first-order valence-corrected chi connectivity index (χ1v) is 12.1. The van der Waals surface area contributed by atoms with Crippen LogP contribution in [0.2, 0.25) is 0 Å². The van der Waals surface area contributed by atoms with E-state index >= 15 is 0 Å². The number of nitrogens with one attached hydrogen (secondary N) is 2. The van der Waals surface area contributed by atoms with Crippen molar-refractivity contribution in [1.29, 1.82) is 0 Å². The van der Waals surface area contributed by atoms with Crippen molar-refractivity contribution < 1.29 is 24.0 Å². The summed E-state index contributed by atoms with van der Waals surface area (Å²) in [7, 11) is 1.41. The number of amides is 3.